The molecular formula is C17H14N2O3. The molecule has 3 rings (SSSR count). The van der Waals surface area contributed by atoms with Crippen molar-refractivity contribution in [2.75, 3.05) is 0 Å². The van der Waals surface area contributed by atoms with Gasteiger partial charge in [0.1, 0.15) is 17.1 Å². The van der Waals surface area contributed by atoms with Crippen LogP contribution in [0.25, 0.3) is 5.70 Å². The van der Waals surface area contributed by atoms with E-state index in [0.29, 0.717) is 22.6 Å². The summed E-state index contributed by atoms with van der Waals surface area (Å²) in [6.07, 6.45) is 3.16. The maximum atomic E-state index is 12.2. The molecule has 0 amide bonds. The average molecular weight is 294 g/mol. The van der Waals surface area contributed by atoms with Crippen molar-refractivity contribution in [3.8, 4) is 17.6 Å². The second kappa shape index (κ2) is 4.78. The minimum Gasteiger partial charge on any atom is -0.506 e. The van der Waals surface area contributed by atoms with Crippen LogP contribution in [-0.2, 0) is 0 Å². The number of rotatable bonds is 1. The first-order valence-corrected chi connectivity index (χ1v) is 6.78. The largest absolute Gasteiger partial charge is 0.506 e. The monoisotopic (exact) mass is 294 g/mol. The van der Waals surface area contributed by atoms with E-state index in [0.717, 1.165) is 0 Å². The molecule has 0 unspecified atom stereocenters. The molecule has 2 heterocycles. The summed E-state index contributed by atoms with van der Waals surface area (Å²) in [7, 11) is 0. The Labute approximate surface area is 127 Å². The molecule has 1 aliphatic rings. The van der Waals surface area contributed by atoms with Crippen molar-refractivity contribution in [3.05, 3.63) is 64.1 Å². The molecule has 0 radical (unpaired) electrons. The zero-order chi connectivity index (χ0) is 15.9. The normalized spacial score (nSPS) is 15.2. The maximum Gasteiger partial charge on any atom is 0.255 e. The number of pyridine rings is 1. The lowest BCUT2D eigenvalue weighted by Gasteiger charge is -2.31. The minimum absolute atomic E-state index is 0.0113. The summed E-state index contributed by atoms with van der Waals surface area (Å²) in [5.74, 6) is 0.583. The Balaban J connectivity index is 2.30. The van der Waals surface area contributed by atoms with Crippen LogP contribution in [0.1, 0.15) is 25.0 Å². The smallest absolute Gasteiger partial charge is 0.255 e. The molecular weight excluding hydrogens is 280 g/mol. The Bertz CT molecular complexity index is 886. The van der Waals surface area contributed by atoms with Gasteiger partial charge in [-0.2, -0.15) is 5.26 Å². The predicted octanol–water partition coefficient (Wildman–Crippen LogP) is 2.49. The van der Waals surface area contributed by atoms with Crippen LogP contribution in [-0.4, -0.2) is 15.3 Å². The zero-order valence-corrected chi connectivity index (χ0v) is 12.2. The number of benzene rings is 1. The standard InChI is InChI=1S/C17H14N2O3/c1-17(2)8-14(19-10-12(20)4-6-16(19)21)13-7-11(9-18)3-5-15(13)22-17/h3-8,10,20H,1-2H3. The number of fused-ring (bicyclic) bond motifs is 1. The van der Waals surface area contributed by atoms with Gasteiger partial charge in [-0.25, -0.2) is 0 Å². The molecule has 0 aliphatic carbocycles. The Kier molecular flexibility index (Phi) is 3.03. The van der Waals surface area contributed by atoms with Gasteiger partial charge in [-0.1, -0.05) is 0 Å². The van der Waals surface area contributed by atoms with Crippen molar-refractivity contribution in [2.45, 2.75) is 19.4 Å². The number of aromatic hydroxyl groups is 1. The number of aromatic nitrogens is 1. The molecule has 1 N–H and O–H groups in total. The van der Waals surface area contributed by atoms with E-state index in [1.807, 2.05) is 13.8 Å². The summed E-state index contributed by atoms with van der Waals surface area (Å²) in [6, 6.07) is 9.78. The van der Waals surface area contributed by atoms with Crippen LogP contribution in [0.15, 0.2) is 47.4 Å². The quantitative estimate of drug-likeness (QED) is 0.876. The summed E-state index contributed by atoms with van der Waals surface area (Å²) in [4.78, 5) is 12.2. The van der Waals surface area contributed by atoms with E-state index in [1.165, 1.54) is 22.9 Å². The first-order chi connectivity index (χ1) is 10.4. The summed E-state index contributed by atoms with van der Waals surface area (Å²) in [5, 5.41) is 18.8. The maximum absolute atomic E-state index is 12.2. The summed E-state index contributed by atoms with van der Waals surface area (Å²) >= 11 is 0. The van der Waals surface area contributed by atoms with E-state index in [-0.39, 0.29) is 11.3 Å². The van der Waals surface area contributed by atoms with Crippen LogP contribution < -0.4 is 10.3 Å². The van der Waals surface area contributed by atoms with Gasteiger partial charge < -0.3 is 9.84 Å². The molecule has 5 heteroatoms. The van der Waals surface area contributed by atoms with E-state index < -0.39 is 5.60 Å². The first kappa shape index (κ1) is 14.0. The lowest BCUT2D eigenvalue weighted by Crippen LogP contribution is -2.32. The van der Waals surface area contributed by atoms with Crippen LogP contribution in [0.4, 0.5) is 0 Å². The van der Waals surface area contributed by atoms with Crippen molar-refractivity contribution in [1.82, 2.24) is 4.57 Å². The van der Waals surface area contributed by atoms with Gasteiger partial charge in [0, 0.05) is 11.6 Å². The fourth-order valence-corrected chi connectivity index (χ4v) is 2.47. The molecule has 0 atom stereocenters. The number of ether oxygens (including phenoxy) is 1. The molecule has 2 aromatic rings. The minimum atomic E-state index is -0.610. The van der Waals surface area contributed by atoms with Crippen LogP contribution >= 0.6 is 0 Å². The fourth-order valence-electron chi connectivity index (χ4n) is 2.47. The molecule has 0 fully saturated rings. The molecule has 0 bridgehead atoms. The lowest BCUT2D eigenvalue weighted by atomic mass is 9.97. The van der Waals surface area contributed by atoms with E-state index in [1.54, 1.807) is 24.3 Å². The third-order valence-corrected chi connectivity index (χ3v) is 3.40. The van der Waals surface area contributed by atoms with Crippen molar-refractivity contribution in [3.63, 3.8) is 0 Å². The number of nitrogens with zero attached hydrogens (tertiary/aromatic N) is 2. The van der Waals surface area contributed by atoms with Crippen LogP contribution in [0.5, 0.6) is 11.5 Å². The molecule has 110 valence electrons. The topological polar surface area (TPSA) is 75.3 Å². The fraction of sp³-hybridized carbons (Fsp3) is 0.176. The molecule has 1 aliphatic heterocycles. The predicted molar refractivity (Wildman–Crippen MR) is 81.6 cm³/mol. The molecule has 22 heavy (non-hydrogen) atoms. The highest BCUT2D eigenvalue weighted by molar-refractivity contribution is 5.74. The average Bonchev–Trinajstić information content (AvgIpc) is 2.47. The highest BCUT2D eigenvalue weighted by atomic mass is 16.5. The lowest BCUT2D eigenvalue weighted by molar-refractivity contribution is 0.157. The second-order valence-electron chi connectivity index (χ2n) is 5.65. The summed E-state index contributed by atoms with van der Waals surface area (Å²) < 4.78 is 7.24. The van der Waals surface area contributed by atoms with Gasteiger partial charge in [0.15, 0.2) is 0 Å². The van der Waals surface area contributed by atoms with Crippen molar-refractivity contribution in [1.29, 1.82) is 5.26 Å². The van der Waals surface area contributed by atoms with Crippen molar-refractivity contribution < 1.29 is 9.84 Å². The Morgan fingerprint density at radius 2 is 2.05 bits per heavy atom. The third-order valence-electron chi connectivity index (χ3n) is 3.40. The first-order valence-electron chi connectivity index (χ1n) is 6.78. The Morgan fingerprint density at radius 1 is 1.27 bits per heavy atom. The third kappa shape index (κ3) is 2.35. The van der Waals surface area contributed by atoms with Gasteiger partial charge in [0.05, 0.1) is 23.5 Å². The summed E-state index contributed by atoms with van der Waals surface area (Å²) in [6.45, 7) is 3.75. The van der Waals surface area contributed by atoms with Gasteiger partial charge in [0.25, 0.3) is 5.56 Å². The summed E-state index contributed by atoms with van der Waals surface area (Å²) in [5.41, 5.74) is 0.827. The van der Waals surface area contributed by atoms with Crippen molar-refractivity contribution >= 4 is 5.70 Å². The number of hydrogen-bond acceptors (Lipinski definition) is 4. The van der Waals surface area contributed by atoms with Gasteiger partial charge in [0.2, 0.25) is 0 Å². The Hall–Kier alpha value is -3.00. The van der Waals surface area contributed by atoms with E-state index in [9.17, 15) is 9.90 Å². The van der Waals surface area contributed by atoms with Crippen LogP contribution in [0, 0.1) is 11.3 Å². The molecule has 1 aromatic heterocycles. The molecule has 0 saturated carbocycles. The van der Waals surface area contributed by atoms with Gasteiger partial charge in [-0.3, -0.25) is 9.36 Å². The second-order valence-corrected chi connectivity index (χ2v) is 5.65. The van der Waals surface area contributed by atoms with E-state index >= 15 is 0 Å². The number of hydrogen-bond donors (Lipinski definition) is 1. The van der Waals surface area contributed by atoms with E-state index in [2.05, 4.69) is 6.07 Å². The molecule has 0 saturated heterocycles. The van der Waals surface area contributed by atoms with E-state index in [4.69, 9.17) is 10.00 Å². The number of nitriles is 1. The van der Waals surface area contributed by atoms with Crippen LogP contribution in [0.2, 0.25) is 0 Å². The molecule has 1 aromatic carbocycles. The van der Waals surface area contributed by atoms with Gasteiger partial charge in [-0.15, -0.1) is 0 Å². The highest BCUT2D eigenvalue weighted by Gasteiger charge is 2.28. The molecule has 5 nitrogen and oxygen atoms in total. The Morgan fingerprint density at radius 3 is 2.77 bits per heavy atom. The van der Waals surface area contributed by atoms with Gasteiger partial charge >= 0.3 is 0 Å². The molecule has 0 spiro atoms. The van der Waals surface area contributed by atoms with Crippen molar-refractivity contribution in [2.24, 2.45) is 0 Å². The highest BCUT2D eigenvalue weighted by Crippen LogP contribution is 2.37. The zero-order valence-electron chi connectivity index (χ0n) is 12.2. The van der Waals surface area contributed by atoms with Gasteiger partial charge in [-0.05, 0) is 44.2 Å². The SMILES string of the molecule is CC1(C)C=C(n2cc(O)ccc2=O)c2cc(C#N)ccc2O1. The van der Waals surface area contributed by atoms with Crippen LogP contribution in [0.3, 0.4) is 0 Å².